The van der Waals surface area contributed by atoms with Crippen LogP contribution in [0.15, 0.2) is 0 Å². The molecule has 3 nitrogen and oxygen atoms in total. The zero-order valence-corrected chi connectivity index (χ0v) is 20.4. The third-order valence-corrected chi connectivity index (χ3v) is 4.09. The zero-order chi connectivity index (χ0) is 15.6. The molecule has 0 atom stereocenters. The van der Waals surface area contributed by atoms with Gasteiger partial charge in [0.05, 0.1) is 0 Å². The second kappa shape index (κ2) is 26.1. The van der Waals surface area contributed by atoms with E-state index < -0.39 is 0 Å². The molecule has 0 unspecified atom stereocenters. The van der Waals surface area contributed by atoms with Gasteiger partial charge in [-0.3, -0.25) is 0 Å². The Bertz CT molecular complexity index is 200. The zero-order valence-electron chi connectivity index (χ0n) is 18.4. The number of nitrogens with zero attached hydrogens (tertiary/aromatic N) is 1. The third-order valence-electron chi connectivity index (χ3n) is 4.09. The van der Waals surface area contributed by atoms with Crippen LogP contribution in [0, 0.1) is 0 Å². The van der Waals surface area contributed by atoms with Crippen molar-refractivity contribution in [3.63, 3.8) is 0 Å². The molecule has 2 N–H and O–H groups in total. The molecule has 0 radical (unpaired) electrons. The molecule has 0 amide bonds. The van der Waals surface area contributed by atoms with Gasteiger partial charge in [-0.25, -0.2) is 0 Å². The summed E-state index contributed by atoms with van der Waals surface area (Å²) in [6.45, 7) is 5.87. The fourth-order valence-corrected chi connectivity index (χ4v) is 2.75. The van der Waals surface area contributed by atoms with Crippen molar-refractivity contribution < 1.29 is 72.2 Å². The largest absolute Gasteiger partial charge is 1.00 e. The Morgan fingerprint density at radius 3 is 1.30 bits per heavy atom. The summed E-state index contributed by atoms with van der Waals surface area (Å²) < 4.78 is 0. The molecule has 0 saturated carbocycles. The van der Waals surface area contributed by atoms with E-state index in [1.807, 2.05) is 0 Å². The average Bonchev–Trinajstić information content (AvgIpc) is 2.51. The van der Waals surface area contributed by atoms with Crippen LogP contribution in [-0.4, -0.2) is 48.0 Å². The molecule has 0 aromatic carbocycles. The fourth-order valence-electron chi connectivity index (χ4n) is 2.75. The summed E-state index contributed by atoms with van der Waals surface area (Å²) in [7, 11) is 0. The molecule has 0 aliphatic heterocycles. The minimum Gasteiger partial charge on any atom is -1.00 e. The first kappa shape index (κ1) is 29.6. The average molecular weight is 350 g/mol. The molecule has 0 rings (SSSR count). The molecule has 0 bridgehead atoms. The standard InChI is InChI=1S/C18H39NO2.2Na.2H/c1-2-3-4-5-6-7-8-9-10-11-14-19(15-12-17-20)16-13-18-21;;;;/h20-21H,2-18H2,1H3;;;;/q;2*+1;2*-1. The van der Waals surface area contributed by atoms with E-state index in [2.05, 4.69) is 11.8 Å². The van der Waals surface area contributed by atoms with E-state index in [9.17, 15) is 0 Å². The van der Waals surface area contributed by atoms with Crippen molar-refractivity contribution in [1.82, 2.24) is 4.90 Å². The topological polar surface area (TPSA) is 43.7 Å². The van der Waals surface area contributed by atoms with E-state index in [4.69, 9.17) is 10.2 Å². The number of unbranched alkanes of at least 4 members (excludes halogenated alkanes) is 9. The predicted molar refractivity (Wildman–Crippen MR) is 93.9 cm³/mol. The number of aliphatic hydroxyl groups is 2. The van der Waals surface area contributed by atoms with Gasteiger partial charge >= 0.3 is 59.1 Å². The van der Waals surface area contributed by atoms with Gasteiger partial charge in [-0.1, -0.05) is 64.7 Å². The van der Waals surface area contributed by atoms with Gasteiger partial charge in [0.15, 0.2) is 0 Å². The van der Waals surface area contributed by atoms with Crippen molar-refractivity contribution in [2.24, 2.45) is 0 Å². The van der Waals surface area contributed by atoms with E-state index in [-0.39, 0.29) is 75.2 Å². The number of aliphatic hydroxyl groups excluding tert-OH is 2. The van der Waals surface area contributed by atoms with Crippen LogP contribution in [0.2, 0.25) is 0 Å². The van der Waals surface area contributed by atoms with Gasteiger partial charge in [-0.15, -0.1) is 0 Å². The van der Waals surface area contributed by atoms with Crippen LogP contribution in [0.25, 0.3) is 0 Å². The Kier molecular flexibility index (Phi) is 33.6. The maximum absolute atomic E-state index is 8.91. The van der Waals surface area contributed by atoms with Crippen molar-refractivity contribution in [3.05, 3.63) is 0 Å². The minimum atomic E-state index is 0. The molecule has 0 aliphatic rings. The maximum atomic E-state index is 8.91. The van der Waals surface area contributed by atoms with Crippen LogP contribution in [-0.2, 0) is 0 Å². The second-order valence-electron chi connectivity index (χ2n) is 6.18. The molecular weight excluding hydrogens is 308 g/mol. The van der Waals surface area contributed by atoms with Gasteiger partial charge in [0.1, 0.15) is 0 Å². The molecule has 23 heavy (non-hydrogen) atoms. The third kappa shape index (κ3) is 23.9. The Morgan fingerprint density at radius 2 is 0.913 bits per heavy atom. The summed E-state index contributed by atoms with van der Waals surface area (Å²) in [6, 6.07) is 0. The molecule has 0 spiro atoms. The van der Waals surface area contributed by atoms with E-state index >= 15 is 0 Å². The Morgan fingerprint density at radius 1 is 0.565 bits per heavy atom. The summed E-state index contributed by atoms with van der Waals surface area (Å²) in [5.74, 6) is 0. The van der Waals surface area contributed by atoms with Crippen molar-refractivity contribution in [1.29, 1.82) is 0 Å². The summed E-state index contributed by atoms with van der Waals surface area (Å²) in [4.78, 5) is 2.39. The van der Waals surface area contributed by atoms with Gasteiger partial charge < -0.3 is 18.0 Å². The van der Waals surface area contributed by atoms with E-state index in [1.54, 1.807) is 0 Å². The van der Waals surface area contributed by atoms with Crippen LogP contribution < -0.4 is 59.1 Å². The molecule has 0 aromatic heterocycles. The van der Waals surface area contributed by atoms with Crippen LogP contribution in [0.4, 0.5) is 0 Å². The predicted octanol–water partition coefficient (Wildman–Crippen LogP) is -1.79. The van der Waals surface area contributed by atoms with Crippen molar-refractivity contribution >= 4 is 0 Å². The van der Waals surface area contributed by atoms with Crippen LogP contribution in [0.5, 0.6) is 0 Å². The first-order valence-electron chi connectivity index (χ1n) is 9.29. The number of hydrogen-bond acceptors (Lipinski definition) is 3. The van der Waals surface area contributed by atoms with Crippen LogP contribution in [0.3, 0.4) is 0 Å². The number of hydrogen-bond donors (Lipinski definition) is 2. The smallest absolute Gasteiger partial charge is 1.00 e. The normalized spacial score (nSPS) is 10.4. The quantitative estimate of drug-likeness (QED) is 0.241. The molecule has 0 aromatic rings. The molecular formula is C18H41NNa2O2. The van der Waals surface area contributed by atoms with Gasteiger partial charge in [0.2, 0.25) is 0 Å². The van der Waals surface area contributed by atoms with Crippen molar-refractivity contribution in [2.75, 3.05) is 32.8 Å². The second-order valence-corrected chi connectivity index (χ2v) is 6.18. The Labute approximate surface area is 192 Å². The minimum absolute atomic E-state index is 0. The first-order chi connectivity index (χ1) is 10.3. The molecule has 0 heterocycles. The summed E-state index contributed by atoms with van der Waals surface area (Å²) >= 11 is 0. The summed E-state index contributed by atoms with van der Waals surface area (Å²) in [6.07, 6.45) is 15.4. The Hall–Kier alpha value is 1.88. The monoisotopic (exact) mass is 349 g/mol. The van der Waals surface area contributed by atoms with E-state index in [1.165, 1.54) is 64.2 Å². The van der Waals surface area contributed by atoms with Gasteiger partial charge in [0, 0.05) is 26.3 Å². The van der Waals surface area contributed by atoms with Gasteiger partial charge in [0.25, 0.3) is 0 Å². The van der Waals surface area contributed by atoms with E-state index in [0.29, 0.717) is 0 Å². The van der Waals surface area contributed by atoms with Crippen molar-refractivity contribution in [2.45, 2.75) is 84.0 Å². The molecule has 132 valence electrons. The number of rotatable bonds is 17. The maximum Gasteiger partial charge on any atom is 1.00 e. The fraction of sp³-hybridized carbons (Fsp3) is 1.00. The first-order valence-corrected chi connectivity index (χ1v) is 9.29. The molecule has 0 fully saturated rings. The molecule has 5 heteroatoms. The Balaban J connectivity index is -0.000000333. The SMILES string of the molecule is CCCCCCCCCCCCN(CCCO)CCCO.[H-].[H-].[Na+].[Na+]. The summed E-state index contributed by atoms with van der Waals surface area (Å²) in [5.41, 5.74) is 0. The van der Waals surface area contributed by atoms with Gasteiger partial charge in [-0.2, -0.15) is 0 Å². The molecule has 0 aliphatic carbocycles. The van der Waals surface area contributed by atoms with Crippen LogP contribution in [0.1, 0.15) is 86.8 Å². The van der Waals surface area contributed by atoms with Crippen molar-refractivity contribution in [3.8, 4) is 0 Å². The van der Waals surface area contributed by atoms with Crippen LogP contribution >= 0.6 is 0 Å². The molecule has 0 saturated heterocycles. The van der Waals surface area contributed by atoms with Gasteiger partial charge in [-0.05, 0) is 25.8 Å². The summed E-state index contributed by atoms with van der Waals surface area (Å²) in [5, 5.41) is 17.8. The van der Waals surface area contributed by atoms with E-state index in [0.717, 1.165) is 32.5 Å².